The molecule has 3 rings (SSSR count). The first-order valence-corrected chi connectivity index (χ1v) is 8.98. The number of hydrogen-bond acceptors (Lipinski definition) is 5. The molecule has 4 nitrogen and oxygen atoms in total. The molecule has 0 saturated carbocycles. The van der Waals surface area contributed by atoms with Crippen LogP contribution >= 0.6 is 43.4 Å². The summed E-state index contributed by atoms with van der Waals surface area (Å²) < 4.78 is 6.25. The Morgan fingerprint density at radius 2 is 1.30 bits per heavy atom. The van der Waals surface area contributed by atoms with Gasteiger partial charge in [-0.05, 0) is 35.4 Å². The number of rotatable bonds is 4. The number of hydrogen-bond donors (Lipinski definition) is 0. The summed E-state index contributed by atoms with van der Waals surface area (Å²) in [6, 6.07) is 15.7. The van der Waals surface area contributed by atoms with Crippen LogP contribution in [0.5, 0.6) is 0 Å². The molecule has 0 amide bonds. The van der Waals surface area contributed by atoms with Crippen LogP contribution in [0.4, 0.5) is 11.1 Å². The van der Waals surface area contributed by atoms with Crippen LogP contribution in [0.1, 0.15) is 11.1 Å². The van der Waals surface area contributed by atoms with E-state index in [1.54, 1.807) is 12.4 Å². The number of halogens is 2. The van der Waals surface area contributed by atoms with Crippen molar-refractivity contribution in [1.82, 2.24) is 9.36 Å². The van der Waals surface area contributed by atoms with Crippen molar-refractivity contribution in [3.8, 4) is 0 Å². The zero-order chi connectivity index (χ0) is 16.1. The molecule has 0 bridgehead atoms. The maximum absolute atomic E-state index is 4.32. The Morgan fingerprint density at radius 3 is 1.87 bits per heavy atom. The summed E-state index contributed by atoms with van der Waals surface area (Å²) in [7, 11) is 0. The summed E-state index contributed by atoms with van der Waals surface area (Å²) in [6.45, 7) is 0. The van der Waals surface area contributed by atoms with Crippen LogP contribution in [0, 0.1) is 0 Å². The second kappa shape index (κ2) is 7.72. The van der Waals surface area contributed by atoms with E-state index in [4.69, 9.17) is 0 Å². The average molecular weight is 450 g/mol. The predicted molar refractivity (Wildman–Crippen MR) is 103 cm³/mol. The first-order valence-electron chi connectivity index (χ1n) is 6.62. The smallest absolute Gasteiger partial charge is 0.226 e. The van der Waals surface area contributed by atoms with E-state index in [9.17, 15) is 0 Å². The van der Waals surface area contributed by atoms with Gasteiger partial charge in [0.1, 0.15) is 0 Å². The minimum atomic E-state index is 0.417. The molecule has 0 aliphatic rings. The van der Waals surface area contributed by atoms with Crippen LogP contribution in [-0.4, -0.2) is 21.8 Å². The van der Waals surface area contributed by atoms with Crippen molar-refractivity contribution >= 4 is 66.9 Å². The van der Waals surface area contributed by atoms with Crippen molar-refractivity contribution in [2.45, 2.75) is 0 Å². The van der Waals surface area contributed by atoms with Crippen LogP contribution in [0.2, 0.25) is 0 Å². The normalized spacial score (nSPS) is 11.6. The molecule has 1 aromatic heterocycles. The first kappa shape index (κ1) is 16.2. The maximum atomic E-state index is 4.32. The molecule has 23 heavy (non-hydrogen) atoms. The zero-order valence-corrected chi connectivity index (χ0v) is 15.7. The number of aliphatic imine (C=N–C) groups is 2. The third kappa shape index (κ3) is 4.89. The fraction of sp³-hybridized carbons (Fsp3) is 0. The maximum Gasteiger partial charge on any atom is 0.263 e. The second-order valence-corrected chi connectivity index (χ2v) is 7.06. The summed E-state index contributed by atoms with van der Waals surface area (Å²) >= 11 is 8.02. The Hall–Kier alpha value is -1.70. The van der Waals surface area contributed by atoms with Crippen molar-refractivity contribution in [2.75, 3.05) is 0 Å². The monoisotopic (exact) mass is 448 g/mol. The number of nitrogens with zero attached hydrogens (tertiary/aromatic N) is 4. The van der Waals surface area contributed by atoms with Gasteiger partial charge in [0.05, 0.1) is 0 Å². The molecule has 114 valence electrons. The highest BCUT2D eigenvalue weighted by molar-refractivity contribution is 9.10. The van der Waals surface area contributed by atoms with Crippen LogP contribution in [0.25, 0.3) is 0 Å². The standard InChI is InChI=1S/C16H10Br2N4S/c17-13-5-1-11(2-6-13)9-19-15-21-16(23-22-15)20-10-12-3-7-14(18)8-4-12/h1-10H/b19-9+,20-10+. The van der Waals surface area contributed by atoms with Gasteiger partial charge in [0.2, 0.25) is 5.13 Å². The van der Waals surface area contributed by atoms with E-state index < -0.39 is 0 Å². The lowest BCUT2D eigenvalue weighted by molar-refractivity contribution is 1.25. The molecule has 0 spiro atoms. The minimum Gasteiger partial charge on any atom is -0.226 e. The molecule has 0 aliphatic carbocycles. The van der Waals surface area contributed by atoms with E-state index in [1.165, 1.54) is 11.5 Å². The molecular weight excluding hydrogens is 440 g/mol. The van der Waals surface area contributed by atoms with Crippen LogP contribution in [0.15, 0.2) is 67.5 Å². The molecular formula is C16H10Br2N4S. The number of aromatic nitrogens is 2. The van der Waals surface area contributed by atoms with Crippen molar-refractivity contribution < 1.29 is 0 Å². The lowest BCUT2D eigenvalue weighted by Gasteiger charge is -1.92. The van der Waals surface area contributed by atoms with Gasteiger partial charge in [0.15, 0.2) is 0 Å². The van der Waals surface area contributed by atoms with Crippen molar-refractivity contribution in [3.63, 3.8) is 0 Å². The predicted octanol–water partition coefficient (Wildman–Crippen LogP) is 5.56. The average Bonchev–Trinajstić information content (AvgIpc) is 3.02. The quantitative estimate of drug-likeness (QED) is 0.489. The van der Waals surface area contributed by atoms with E-state index in [2.05, 4.69) is 51.2 Å². The molecule has 3 aromatic rings. The van der Waals surface area contributed by atoms with E-state index in [0.29, 0.717) is 11.1 Å². The summed E-state index contributed by atoms with van der Waals surface area (Å²) in [5, 5.41) is 0.580. The molecule has 0 aliphatic heterocycles. The summed E-state index contributed by atoms with van der Waals surface area (Å²) in [6.07, 6.45) is 3.49. The Labute approximate surface area is 154 Å². The molecule has 0 unspecified atom stereocenters. The SMILES string of the molecule is Brc1ccc(/C=N/c2nsc(/N=C/c3ccc(Br)cc3)n2)cc1. The second-order valence-electron chi connectivity index (χ2n) is 4.50. The van der Waals surface area contributed by atoms with Gasteiger partial charge in [-0.25, -0.2) is 9.98 Å². The van der Waals surface area contributed by atoms with Crippen LogP contribution in [0.3, 0.4) is 0 Å². The molecule has 0 saturated heterocycles. The molecule has 0 atom stereocenters. The Kier molecular flexibility index (Phi) is 5.43. The highest BCUT2D eigenvalue weighted by Crippen LogP contribution is 2.20. The Balaban J connectivity index is 1.68. The fourth-order valence-corrected chi connectivity index (χ4v) is 2.67. The van der Waals surface area contributed by atoms with E-state index in [0.717, 1.165) is 20.1 Å². The molecule has 1 heterocycles. The highest BCUT2D eigenvalue weighted by atomic mass is 79.9. The van der Waals surface area contributed by atoms with Crippen molar-refractivity contribution in [3.05, 3.63) is 68.6 Å². The lowest BCUT2D eigenvalue weighted by atomic mass is 10.2. The highest BCUT2D eigenvalue weighted by Gasteiger charge is 2.00. The van der Waals surface area contributed by atoms with Gasteiger partial charge in [0.25, 0.3) is 5.95 Å². The molecule has 0 radical (unpaired) electrons. The van der Waals surface area contributed by atoms with E-state index >= 15 is 0 Å². The minimum absolute atomic E-state index is 0.417. The van der Waals surface area contributed by atoms with Crippen LogP contribution < -0.4 is 0 Å². The van der Waals surface area contributed by atoms with Gasteiger partial charge in [-0.15, -0.1) is 4.37 Å². The van der Waals surface area contributed by atoms with Gasteiger partial charge in [-0.1, -0.05) is 56.1 Å². The molecule has 2 aromatic carbocycles. The Bertz CT molecular complexity index is 769. The summed E-state index contributed by atoms with van der Waals surface area (Å²) in [5.41, 5.74) is 1.99. The summed E-state index contributed by atoms with van der Waals surface area (Å²) in [4.78, 5) is 12.8. The molecule has 0 N–H and O–H groups in total. The molecule has 0 fully saturated rings. The summed E-state index contributed by atoms with van der Waals surface area (Å²) in [5.74, 6) is 0.417. The Morgan fingerprint density at radius 1 is 0.783 bits per heavy atom. The van der Waals surface area contributed by atoms with Crippen molar-refractivity contribution in [2.24, 2.45) is 9.98 Å². The van der Waals surface area contributed by atoms with Crippen LogP contribution in [-0.2, 0) is 0 Å². The van der Waals surface area contributed by atoms with Gasteiger partial charge in [-0.3, -0.25) is 0 Å². The van der Waals surface area contributed by atoms with Gasteiger partial charge < -0.3 is 0 Å². The fourth-order valence-electron chi connectivity index (χ4n) is 1.67. The lowest BCUT2D eigenvalue weighted by Crippen LogP contribution is -1.80. The zero-order valence-electron chi connectivity index (χ0n) is 11.7. The first-order chi connectivity index (χ1) is 11.2. The third-order valence-electron chi connectivity index (χ3n) is 2.80. The van der Waals surface area contributed by atoms with E-state index in [1.807, 2.05) is 48.5 Å². The number of benzene rings is 2. The van der Waals surface area contributed by atoms with Gasteiger partial charge in [-0.2, -0.15) is 4.98 Å². The van der Waals surface area contributed by atoms with Gasteiger partial charge >= 0.3 is 0 Å². The largest absolute Gasteiger partial charge is 0.263 e. The van der Waals surface area contributed by atoms with Gasteiger partial charge in [0, 0.05) is 32.9 Å². The molecule has 7 heteroatoms. The van der Waals surface area contributed by atoms with Crippen molar-refractivity contribution in [1.29, 1.82) is 0 Å². The third-order valence-corrected chi connectivity index (χ3v) is 4.47. The van der Waals surface area contributed by atoms with E-state index in [-0.39, 0.29) is 0 Å². The topological polar surface area (TPSA) is 50.5 Å².